The molecule has 0 fully saturated rings. The number of nitrogens with one attached hydrogen (secondary N) is 4. The minimum absolute atomic E-state index is 0.0713. The Balaban J connectivity index is 1.47. The first kappa shape index (κ1) is 22.0. The maximum Gasteiger partial charge on any atom is 0.252 e. The monoisotopic (exact) mass is 450 g/mol. The van der Waals surface area contributed by atoms with Crippen molar-refractivity contribution in [1.29, 1.82) is 0 Å². The molecule has 0 saturated carbocycles. The molecule has 1 amide bonds. The molecule has 8 heteroatoms. The molecule has 1 aliphatic heterocycles. The third kappa shape index (κ3) is 5.36. The molecular formula is C24H27ClN6O. The van der Waals surface area contributed by atoms with E-state index in [4.69, 9.17) is 11.6 Å². The first-order chi connectivity index (χ1) is 15.6. The molecule has 0 unspecified atom stereocenters. The molecule has 0 bridgehead atoms. The summed E-state index contributed by atoms with van der Waals surface area (Å²) in [7, 11) is 0. The van der Waals surface area contributed by atoms with Crippen LogP contribution in [-0.2, 0) is 6.42 Å². The third-order valence-corrected chi connectivity index (χ3v) is 5.67. The number of hydrogen-bond donors (Lipinski definition) is 4. The number of halogens is 1. The Morgan fingerprint density at radius 2 is 2.03 bits per heavy atom. The zero-order chi connectivity index (χ0) is 22.3. The van der Waals surface area contributed by atoms with E-state index in [0.29, 0.717) is 23.8 Å². The van der Waals surface area contributed by atoms with Crippen LogP contribution in [0.3, 0.4) is 0 Å². The van der Waals surface area contributed by atoms with E-state index in [1.165, 1.54) is 5.56 Å². The lowest BCUT2D eigenvalue weighted by Gasteiger charge is -2.34. The highest BCUT2D eigenvalue weighted by molar-refractivity contribution is 6.29. The van der Waals surface area contributed by atoms with Crippen LogP contribution in [0.2, 0.25) is 5.15 Å². The molecule has 2 aromatic heterocycles. The summed E-state index contributed by atoms with van der Waals surface area (Å²) in [6.07, 6.45) is 4.27. The summed E-state index contributed by atoms with van der Waals surface area (Å²) in [6.45, 7) is 3.97. The summed E-state index contributed by atoms with van der Waals surface area (Å²) in [6, 6.07) is 16.2. The van der Waals surface area contributed by atoms with Crippen LogP contribution in [0.4, 0.5) is 11.5 Å². The third-order valence-electron chi connectivity index (χ3n) is 5.45. The summed E-state index contributed by atoms with van der Waals surface area (Å²) in [4.78, 5) is 20.8. The van der Waals surface area contributed by atoms with Crippen molar-refractivity contribution in [1.82, 2.24) is 20.6 Å². The highest BCUT2D eigenvalue weighted by Crippen LogP contribution is 2.29. The number of hydrogen-bond acceptors (Lipinski definition) is 6. The number of carbonyl (C=O) groups excluding carboxylic acids is 1. The van der Waals surface area contributed by atoms with Crippen molar-refractivity contribution in [2.45, 2.75) is 25.4 Å². The first-order valence-corrected chi connectivity index (χ1v) is 11.2. The van der Waals surface area contributed by atoms with Crippen LogP contribution in [0.1, 0.15) is 34.5 Å². The Labute approximate surface area is 193 Å². The molecule has 0 aliphatic carbocycles. The Morgan fingerprint density at radius 3 is 2.78 bits per heavy atom. The highest BCUT2D eigenvalue weighted by atomic mass is 35.5. The van der Waals surface area contributed by atoms with Gasteiger partial charge in [-0.25, -0.2) is 9.97 Å². The first-order valence-electron chi connectivity index (χ1n) is 10.8. The van der Waals surface area contributed by atoms with Gasteiger partial charge < -0.3 is 21.3 Å². The van der Waals surface area contributed by atoms with Gasteiger partial charge in [-0.05, 0) is 43.1 Å². The Hall–Kier alpha value is -3.16. The van der Waals surface area contributed by atoms with Crippen LogP contribution >= 0.6 is 11.6 Å². The van der Waals surface area contributed by atoms with Crippen molar-refractivity contribution in [2.24, 2.45) is 0 Å². The second kappa shape index (κ2) is 10.4. The van der Waals surface area contributed by atoms with E-state index in [9.17, 15) is 4.79 Å². The molecule has 4 N–H and O–H groups in total. The molecule has 2 atom stereocenters. The molecule has 1 aliphatic rings. The molecule has 166 valence electrons. The number of carbonyl (C=O) groups is 1. The Kier molecular flexibility index (Phi) is 7.19. The summed E-state index contributed by atoms with van der Waals surface area (Å²) in [5.41, 5.74) is 3.72. The van der Waals surface area contributed by atoms with Crippen LogP contribution in [-0.4, -0.2) is 41.6 Å². The lowest BCUT2D eigenvalue weighted by atomic mass is 9.97. The molecule has 0 spiro atoms. The lowest BCUT2D eigenvalue weighted by molar-refractivity contribution is 0.0955. The van der Waals surface area contributed by atoms with E-state index < -0.39 is 0 Å². The van der Waals surface area contributed by atoms with Crippen molar-refractivity contribution in [3.8, 4) is 0 Å². The van der Waals surface area contributed by atoms with Crippen LogP contribution in [0, 0.1) is 0 Å². The summed E-state index contributed by atoms with van der Waals surface area (Å²) in [5, 5.41) is 14.0. The van der Waals surface area contributed by atoms with Crippen LogP contribution in [0.25, 0.3) is 0 Å². The van der Waals surface area contributed by atoms with Gasteiger partial charge in [0, 0.05) is 25.5 Å². The van der Waals surface area contributed by atoms with E-state index >= 15 is 0 Å². The van der Waals surface area contributed by atoms with Crippen LogP contribution in [0.15, 0.2) is 60.9 Å². The average molecular weight is 451 g/mol. The van der Waals surface area contributed by atoms with E-state index in [0.717, 1.165) is 30.0 Å². The normalized spacial score (nSPS) is 15.8. The fourth-order valence-corrected chi connectivity index (χ4v) is 3.94. The Morgan fingerprint density at radius 1 is 1.19 bits per heavy atom. The van der Waals surface area contributed by atoms with Gasteiger partial charge in [0.05, 0.1) is 23.3 Å². The molecular weight excluding hydrogens is 424 g/mol. The van der Waals surface area contributed by atoms with Crippen molar-refractivity contribution in [2.75, 3.05) is 30.3 Å². The average Bonchev–Trinajstić information content (AvgIpc) is 2.83. The number of amides is 1. The second-order valence-corrected chi connectivity index (χ2v) is 8.08. The zero-order valence-electron chi connectivity index (χ0n) is 17.9. The summed E-state index contributed by atoms with van der Waals surface area (Å²) >= 11 is 5.89. The van der Waals surface area contributed by atoms with E-state index in [-0.39, 0.29) is 18.0 Å². The lowest BCUT2D eigenvalue weighted by Crippen LogP contribution is -2.44. The van der Waals surface area contributed by atoms with Gasteiger partial charge in [-0.3, -0.25) is 4.79 Å². The summed E-state index contributed by atoms with van der Waals surface area (Å²) < 4.78 is 0. The number of pyridine rings is 2. The number of fused-ring (bicyclic) bond motifs is 1. The Bertz CT molecular complexity index is 1040. The van der Waals surface area contributed by atoms with Gasteiger partial charge in [0.15, 0.2) is 0 Å². The quantitative estimate of drug-likeness (QED) is 0.391. The standard InChI is InChI=1S/C24H27ClN6O/c1-2-26-24(32)18-12-19-23(30-14-18)31-20(15-28-19)22(17-6-4-3-5-7-17)27-11-10-16-8-9-21(25)29-13-16/h3-9,12-14,20,22,27-28H,2,10-11,15H2,1H3,(H,26,32)(H,30,31)/t20-,22-/m1/s1. The topological polar surface area (TPSA) is 91.0 Å². The molecule has 1 aromatic carbocycles. The van der Waals surface area contributed by atoms with Crippen molar-refractivity contribution in [3.63, 3.8) is 0 Å². The summed E-state index contributed by atoms with van der Waals surface area (Å²) in [5.74, 6) is 0.631. The van der Waals surface area contributed by atoms with E-state index in [1.807, 2.05) is 49.5 Å². The maximum atomic E-state index is 12.1. The predicted molar refractivity (Wildman–Crippen MR) is 128 cm³/mol. The fraction of sp³-hybridized carbons (Fsp3) is 0.292. The second-order valence-electron chi connectivity index (χ2n) is 7.69. The molecule has 32 heavy (non-hydrogen) atoms. The van der Waals surface area contributed by atoms with Crippen molar-refractivity contribution in [3.05, 3.63) is 82.8 Å². The molecule has 0 radical (unpaired) electrons. The number of nitrogens with zero attached hydrogens (tertiary/aromatic N) is 2. The van der Waals surface area contributed by atoms with Crippen molar-refractivity contribution >= 4 is 29.0 Å². The zero-order valence-corrected chi connectivity index (χ0v) is 18.7. The SMILES string of the molecule is CCNC(=O)c1cnc2c(c1)NC[C@H]([C@H](NCCc1ccc(Cl)nc1)c1ccccc1)N2. The molecule has 0 saturated heterocycles. The van der Waals surface area contributed by atoms with Crippen LogP contribution in [0.5, 0.6) is 0 Å². The van der Waals surface area contributed by atoms with Gasteiger partial charge in [0.2, 0.25) is 0 Å². The van der Waals surface area contributed by atoms with Gasteiger partial charge in [-0.1, -0.05) is 48.0 Å². The number of anilines is 2. The van der Waals surface area contributed by atoms with E-state index in [2.05, 4.69) is 43.4 Å². The number of aromatic nitrogens is 2. The molecule has 4 rings (SSSR count). The maximum absolute atomic E-state index is 12.1. The van der Waals surface area contributed by atoms with Crippen LogP contribution < -0.4 is 21.3 Å². The van der Waals surface area contributed by atoms with Gasteiger partial charge in [-0.2, -0.15) is 0 Å². The smallest absolute Gasteiger partial charge is 0.252 e. The van der Waals surface area contributed by atoms with Gasteiger partial charge in [0.1, 0.15) is 11.0 Å². The predicted octanol–water partition coefficient (Wildman–Crippen LogP) is 3.66. The number of benzene rings is 1. The molecule has 3 aromatic rings. The highest BCUT2D eigenvalue weighted by Gasteiger charge is 2.27. The fourth-order valence-electron chi connectivity index (χ4n) is 3.83. The molecule has 7 nitrogen and oxygen atoms in total. The van der Waals surface area contributed by atoms with Crippen molar-refractivity contribution < 1.29 is 4.79 Å². The van der Waals surface area contributed by atoms with Gasteiger partial charge >= 0.3 is 0 Å². The minimum Gasteiger partial charge on any atom is -0.380 e. The number of rotatable bonds is 8. The van der Waals surface area contributed by atoms with E-state index in [1.54, 1.807) is 6.20 Å². The van der Waals surface area contributed by atoms with Gasteiger partial charge in [0.25, 0.3) is 5.91 Å². The minimum atomic E-state index is -0.118. The largest absolute Gasteiger partial charge is 0.380 e. The molecule has 3 heterocycles. The van der Waals surface area contributed by atoms with Gasteiger partial charge in [-0.15, -0.1) is 0 Å².